The van der Waals surface area contributed by atoms with E-state index in [9.17, 15) is 20.1 Å². The molecule has 1 aromatic heterocycles. The zero-order valence-corrected chi connectivity index (χ0v) is 16.7. The van der Waals surface area contributed by atoms with Crippen LogP contribution >= 0.6 is 11.8 Å². The number of hydrogen-bond donors (Lipinski definition) is 2. The molecule has 0 saturated heterocycles. The minimum Gasteiger partial charge on any atom is -0.319 e. The predicted molar refractivity (Wildman–Crippen MR) is 102 cm³/mol. The van der Waals surface area contributed by atoms with Crippen LogP contribution in [0.2, 0.25) is 0 Å². The number of amides is 2. The maximum Gasteiger partial charge on any atom is 0.243 e. The van der Waals surface area contributed by atoms with Gasteiger partial charge in [-0.3, -0.25) is 9.59 Å². The first-order valence-corrected chi connectivity index (χ1v) is 9.37. The van der Waals surface area contributed by atoms with Crippen LogP contribution in [-0.2, 0) is 9.59 Å². The van der Waals surface area contributed by atoms with Crippen LogP contribution in [0.4, 0.5) is 5.82 Å². The fourth-order valence-corrected chi connectivity index (χ4v) is 3.90. The molecule has 0 fully saturated rings. The van der Waals surface area contributed by atoms with Crippen LogP contribution in [0.5, 0.6) is 0 Å². The molecule has 0 aliphatic carbocycles. The van der Waals surface area contributed by atoms with Gasteiger partial charge in [0.15, 0.2) is 0 Å². The Morgan fingerprint density at radius 3 is 2.63 bits per heavy atom. The number of carbonyl (C=O) groups excluding carboxylic acids is 2. The summed E-state index contributed by atoms with van der Waals surface area (Å²) < 4.78 is 1.69. The van der Waals surface area contributed by atoms with Crippen LogP contribution < -0.4 is 10.6 Å². The molecule has 9 heteroatoms. The predicted octanol–water partition coefficient (Wildman–Crippen LogP) is 2.56. The van der Waals surface area contributed by atoms with E-state index in [1.165, 1.54) is 0 Å². The second-order valence-electron chi connectivity index (χ2n) is 7.09. The molecule has 2 heterocycles. The minimum atomic E-state index is -0.957. The van der Waals surface area contributed by atoms with Gasteiger partial charge in [-0.05, 0) is 20.8 Å². The maximum absolute atomic E-state index is 12.6. The van der Waals surface area contributed by atoms with Crippen LogP contribution in [0.15, 0.2) is 22.9 Å². The summed E-state index contributed by atoms with van der Waals surface area (Å²) in [4.78, 5) is 24.8. The molecule has 1 aliphatic rings. The van der Waals surface area contributed by atoms with E-state index in [0.717, 1.165) is 11.8 Å². The molecule has 1 aromatic rings. The lowest BCUT2D eigenvalue weighted by atomic mass is 9.72. The third kappa shape index (κ3) is 3.99. The fourth-order valence-electron chi connectivity index (χ4n) is 2.80. The topological polar surface area (TPSA) is 124 Å². The molecule has 2 atom stereocenters. The van der Waals surface area contributed by atoms with Crippen LogP contribution in [0.1, 0.15) is 40.7 Å². The Balaban J connectivity index is 2.22. The first-order chi connectivity index (χ1) is 12.6. The minimum absolute atomic E-state index is 0.0903. The number of anilines is 1. The molecule has 0 bridgehead atoms. The van der Waals surface area contributed by atoms with Gasteiger partial charge in [-0.1, -0.05) is 25.6 Å². The number of nitrogens with zero attached hydrogens (tertiary/aromatic N) is 4. The number of hydrogen-bond acceptors (Lipinski definition) is 6. The van der Waals surface area contributed by atoms with Gasteiger partial charge >= 0.3 is 0 Å². The lowest BCUT2D eigenvalue weighted by molar-refractivity contribution is -0.125. The largest absolute Gasteiger partial charge is 0.319 e. The molecule has 0 saturated carbocycles. The summed E-state index contributed by atoms with van der Waals surface area (Å²) in [5.74, 6) is -1.12. The third-order valence-corrected chi connectivity index (χ3v) is 5.52. The number of nitrogens with one attached hydrogen (secondary N) is 2. The van der Waals surface area contributed by atoms with Crippen molar-refractivity contribution in [1.82, 2.24) is 15.1 Å². The van der Waals surface area contributed by atoms with Crippen molar-refractivity contribution in [3.63, 3.8) is 0 Å². The average molecular weight is 386 g/mol. The highest BCUT2D eigenvalue weighted by molar-refractivity contribution is 8.04. The van der Waals surface area contributed by atoms with Crippen LogP contribution in [0.3, 0.4) is 0 Å². The van der Waals surface area contributed by atoms with Crippen molar-refractivity contribution in [2.75, 3.05) is 5.32 Å². The molecular formula is C18H22N6O2S. The Labute approximate surface area is 162 Å². The van der Waals surface area contributed by atoms with Crippen LogP contribution in [0.25, 0.3) is 0 Å². The summed E-state index contributed by atoms with van der Waals surface area (Å²) in [6.45, 7) is 8.97. The quantitative estimate of drug-likeness (QED) is 0.801. The van der Waals surface area contributed by atoms with E-state index < -0.39 is 22.5 Å². The van der Waals surface area contributed by atoms with Gasteiger partial charge in [-0.15, -0.1) is 0 Å². The lowest BCUT2D eigenvalue weighted by Crippen LogP contribution is -2.45. The molecule has 0 spiro atoms. The van der Waals surface area contributed by atoms with E-state index >= 15 is 0 Å². The van der Waals surface area contributed by atoms with Crippen molar-refractivity contribution < 1.29 is 9.59 Å². The maximum atomic E-state index is 12.6. The standard InChI is InChI=1S/C18H22N6O2S/c1-10(2)24-14(6-7-21-24)22-15(25)11(3)27-17-13(9-20)18(4,5)12(8-19)16(26)23-17/h6-7,10-12H,1-5H3,(H,22,25)(H,23,26)/t11-,12+/m0/s1. The first kappa shape index (κ1) is 20.5. The monoisotopic (exact) mass is 386 g/mol. The molecule has 0 radical (unpaired) electrons. The molecule has 0 unspecified atom stereocenters. The number of allylic oxidation sites excluding steroid dienone is 1. The first-order valence-electron chi connectivity index (χ1n) is 8.49. The summed E-state index contributed by atoms with van der Waals surface area (Å²) in [6.07, 6.45) is 1.61. The van der Waals surface area contributed by atoms with E-state index in [2.05, 4.69) is 21.8 Å². The Hall–Kier alpha value is -2.78. The Morgan fingerprint density at radius 2 is 2.07 bits per heavy atom. The molecule has 2 amide bonds. The van der Waals surface area contributed by atoms with Crippen molar-refractivity contribution in [3.8, 4) is 12.1 Å². The summed E-state index contributed by atoms with van der Waals surface area (Å²) >= 11 is 1.09. The SMILES string of the molecule is CC(C)n1nccc1NC(=O)[C@H](C)SC1=C(C#N)C(C)(C)[C@H](C#N)C(=O)N1. The molecule has 2 N–H and O–H groups in total. The molecule has 0 aromatic carbocycles. The van der Waals surface area contributed by atoms with Crippen LogP contribution in [-0.4, -0.2) is 26.8 Å². The van der Waals surface area contributed by atoms with Crippen molar-refractivity contribution >= 4 is 29.4 Å². The molecule has 27 heavy (non-hydrogen) atoms. The van der Waals surface area contributed by atoms with Crippen molar-refractivity contribution in [2.45, 2.75) is 45.9 Å². The smallest absolute Gasteiger partial charge is 0.243 e. The van der Waals surface area contributed by atoms with Gasteiger partial charge < -0.3 is 10.6 Å². The fraction of sp³-hybridized carbons (Fsp3) is 0.500. The Kier molecular flexibility index (Phi) is 5.97. The third-order valence-electron chi connectivity index (χ3n) is 4.41. The van der Waals surface area contributed by atoms with Crippen LogP contribution in [0, 0.1) is 34.0 Å². The van der Waals surface area contributed by atoms with Crippen molar-refractivity contribution in [1.29, 1.82) is 10.5 Å². The molecule has 2 rings (SSSR count). The highest BCUT2D eigenvalue weighted by Gasteiger charge is 2.45. The van der Waals surface area contributed by atoms with E-state index in [1.807, 2.05) is 19.9 Å². The Morgan fingerprint density at radius 1 is 1.41 bits per heavy atom. The van der Waals surface area contributed by atoms with Gasteiger partial charge in [0.25, 0.3) is 0 Å². The molecule has 8 nitrogen and oxygen atoms in total. The summed E-state index contributed by atoms with van der Waals surface area (Å²) in [6, 6.07) is 5.84. The number of thioether (sulfide) groups is 1. The molecule has 142 valence electrons. The molecular weight excluding hydrogens is 364 g/mol. The lowest BCUT2D eigenvalue weighted by Gasteiger charge is -2.35. The van der Waals surface area contributed by atoms with Crippen molar-refractivity contribution in [3.05, 3.63) is 22.9 Å². The van der Waals surface area contributed by atoms with Gasteiger partial charge in [0.1, 0.15) is 11.7 Å². The average Bonchev–Trinajstić information content (AvgIpc) is 3.02. The number of nitriles is 2. The summed E-state index contributed by atoms with van der Waals surface area (Å²) in [5, 5.41) is 28.2. The number of aromatic nitrogens is 2. The Bertz CT molecular complexity index is 871. The molecule has 1 aliphatic heterocycles. The van der Waals surface area contributed by atoms with Gasteiger partial charge in [0, 0.05) is 17.5 Å². The van der Waals surface area contributed by atoms with Gasteiger partial charge in [0.05, 0.1) is 34.2 Å². The highest BCUT2D eigenvalue weighted by atomic mass is 32.2. The zero-order valence-electron chi connectivity index (χ0n) is 15.9. The van der Waals surface area contributed by atoms with Crippen molar-refractivity contribution in [2.24, 2.45) is 11.3 Å². The number of carbonyl (C=O) groups is 2. The zero-order chi connectivity index (χ0) is 20.4. The second-order valence-corrected chi connectivity index (χ2v) is 8.44. The summed E-state index contributed by atoms with van der Waals surface area (Å²) in [7, 11) is 0. The normalized spacial score (nSPS) is 19.9. The van der Waals surface area contributed by atoms with Gasteiger partial charge in [0.2, 0.25) is 11.8 Å². The summed E-state index contributed by atoms with van der Waals surface area (Å²) in [5.41, 5.74) is -0.633. The van der Waals surface area contributed by atoms with E-state index in [1.54, 1.807) is 37.7 Å². The van der Waals surface area contributed by atoms with Gasteiger partial charge in [-0.25, -0.2) is 4.68 Å². The van der Waals surface area contributed by atoms with Gasteiger partial charge in [-0.2, -0.15) is 15.6 Å². The second kappa shape index (κ2) is 7.85. The van der Waals surface area contributed by atoms with E-state index in [-0.39, 0.29) is 11.9 Å². The van der Waals surface area contributed by atoms with E-state index in [0.29, 0.717) is 16.4 Å². The van der Waals surface area contributed by atoms with E-state index in [4.69, 9.17) is 0 Å². The number of rotatable bonds is 5. The highest BCUT2D eigenvalue weighted by Crippen LogP contribution is 2.42.